The topological polar surface area (TPSA) is 88.0 Å². The minimum atomic E-state index is -0.216. The fraction of sp³-hybridized carbons (Fsp3) is 0.391. The van der Waals surface area contributed by atoms with Crippen molar-refractivity contribution in [3.63, 3.8) is 0 Å². The Morgan fingerprint density at radius 3 is 2.45 bits per heavy atom. The lowest BCUT2D eigenvalue weighted by atomic mass is 9.99. The molecule has 3 aromatic heterocycles. The summed E-state index contributed by atoms with van der Waals surface area (Å²) < 4.78 is 1.91. The lowest BCUT2D eigenvalue weighted by molar-refractivity contribution is 0.240. The smallest absolute Gasteiger partial charge is 0.315 e. The largest absolute Gasteiger partial charge is 0.357 e. The molecule has 4 rings (SSSR count). The Bertz CT molecular complexity index is 1010. The van der Waals surface area contributed by atoms with Gasteiger partial charge in [0.25, 0.3) is 0 Å². The Balaban J connectivity index is 1.25. The highest BCUT2D eigenvalue weighted by Crippen LogP contribution is 2.21. The maximum atomic E-state index is 12.2. The van der Waals surface area contributed by atoms with Gasteiger partial charge in [0.05, 0.1) is 0 Å². The highest BCUT2D eigenvalue weighted by atomic mass is 16.2. The summed E-state index contributed by atoms with van der Waals surface area (Å²) in [5.41, 5.74) is 1.95. The van der Waals surface area contributed by atoms with E-state index in [-0.39, 0.29) is 6.03 Å². The number of nitrogens with one attached hydrogen (secondary N) is 2. The predicted molar refractivity (Wildman–Crippen MR) is 120 cm³/mol. The number of rotatable bonds is 6. The average Bonchev–Trinajstić information content (AvgIpc) is 3.23. The lowest BCUT2D eigenvalue weighted by Crippen LogP contribution is -2.35. The van der Waals surface area contributed by atoms with Gasteiger partial charge in [-0.3, -0.25) is 4.57 Å². The van der Waals surface area contributed by atoms with Crippen molar-refractivity contribution >= 4 is 11.8 Å². The molecule has 0 bridgehead atoms. The van der Waals surface area contributed by atoms with Crippen LogP contribution in [0.3, 0.4) is 0 Å². The first-order chi connectivity index (χ1) is 15.1. The number of anilines is 1. The van der Waals surface area contributed by atoms with Gasteiger partial charge in [-0.25, -0.2) is 19.7 Å². The third-order valence-electron chi connectivity index (χ3n) is 5.71. The van der Waals surface area contributed by atoms with Crippen LogP contribution in [0.1, 0.15) is 36.7 Å². The second-order valence-corrected chi connectivity index (χ2v) is 8.10. The Morgan fingerprint density at radius 2 is 1.77 bits per heavy atom. The molecule has 0 spiro atoms. The van der Waals surface area contributed by atoms with Gasteiger partial charge in [-0.2, -0.15) is 0 Å². The Hall–Kier alpha value is -3.42. The van der Waals surface area contributed by atoms with Crippen LogP contribution in [-0.4, -0.2) is 38.6 Å². The molecule has 0 unspecified atom stereocenters. The van der Waals surface area contributed by atoms with E-state index in [1.165, 1.54) is 12.8 Å². The molecule has 1 saturated heterocycles. The Morgan fingerprint density at radius 1 is 1.00 bits per heavy atom. The van der Waals surface area contributed by atoms with Crippen molar-refractivity contribution in [2.75, 3.05) is 18.0 Å². The maximum Gasteiger partial charge on any atom is 0.315 e. The van der Waals surface area contributed by atoms with Gasteiger partial charge in [-0.15, -0.1) is 0 Å². The van der Waals surface area contributed by atoms with Crippen LogP contribution in [0.4, 0.5) is 10.6 Å². The molecule has 2 amide bonds. The minimum absolute atomic E-state index is 0.216. The van der Waals surface area contributed by atoms with E-state index in [2.05, 4.69) is 37.4 Å². The number of carbonyl (C=O) groups is 1. The van der Waals surface area contributed by atoms with Gasteiger partial charge in [0.2, 0.25) is 0 Å². The number of piperidine rings is 1. The molecule has 8 heteroatoms. The van der Waals surface area contributed by atoms with Gasteiger partial charge in [0, 0.05) is 51.0 Å². The number of carbonyl (C=O) groups excluding carboxylic acids is 1. The van der Waals surface area contributed by atoms with Gasteiger partial charge in [-0.05, 0) is 55.0 Å². The van der Waals surface area contributed by atoms with E-state index in [0.717, 1.165) is 47.6 Å². The quantitative estimate of drug-likeness (QED) is 0.641. The Kier molecular flexibility index (Phi) is 6.45. The number of imidazole rings is 1. The number of hydrogen-bond donors (Lipinski definition) is 2. The molecule has 0 atom stereocenters. The lowest BCUT2D eigenvalue weighted by Gasteiger charge is -2.31. The molecule has 0 saturated carbocycles. The molecule has 8 nitrogen and oxygen atoms in total. The van der Waals surface area contributed by atoms with E-state index in [9.17, 15) is 4.79 Å². The second kappa shape index (κ2) is 9.59. The number of urea groups is 1. The molecule has 3 aromatic rings. The van der Waals surface area contributed by atoms with Crippen molar-refractivity contribution in [1.29, 1.82) is 0 Å². The van der Waals surface area contributed by atoms with Crippen molar-refractivity contribution in [1.82, 2.24) is 30.2 Å². The van der Waals surface area contributed by atoms with Crippen molar-refractivity contribution in [2.45, 2.75) is 39.8 Å². The summed E-state index contributed by atoms with van der Waals surface area (Å²) in [6.07, 6.45) is 9.62. The van der Waals surface area contributed by atoms with Gasteiger partial charge in [-0.1, -0.05) is 13.0 Å². The molecular weight excluding hydrogens is 390 g/mol. The fourth-order valence-electron chi connectivity index (χ4n) is 3.70. The van der Waals surface area contributed by atoms with Crippen molar-refractivity contribution in [3.05, 3.63) is 66.0 Å². The van der Waals surface area contributed by atoms with Crippen molar-refractivity contribution < 1.29 is 4.79 Å². The number of aryl methyl sites for hydroxylation is 1. The number of amides is 2. The monoisotopic (exact) mass is 419 g/mol. The number of nitrogens with zero attached hydrogens (tertiary/aromatic N) is 5. The number of hydrogen-bond acceptors (Lipinski definition) is 5. The molecule has 2 N–H and O–H groups in total. The van der Waals surface area contributed by atoms with Gasteiger partial charge in [0.1, 0.15) is 17.5 Å². The summed E-state index contributed by atoms with van der Waals surface area (Å²) in [5.74, 6) is 3.46. The van der Waals surface area contributed by atoms with E-state index in [0.29, 0.717) is 13.1 Å². The summed E-state index contributed by atoms with van der Waals surface area (Å²) >= 11 is 0. The molecule has 162 valence electrons. The molecule has 0 aromatic carbocycles. The first kappa shape index (κ1) is 20.8. The molecule has 0 radical (unpaired) electrons. The van der Waals surface area contributed by atoms with Gasteiger partial charge >= 0.3 is 6.03 Å². The zero-order chi connectivity index (χ0) is 21.6. The zero-order valence-corrected chi connectivity index (χ0v) is 18.1. The van der Waals surface area contributed by atoms with Crippen LogP contribution in [0.5, 0.6) is 0 Å². The molecular formula is C23H29N7O. The van der Waals surface area contributed by atoms with Crippen LogP contribution >= 0.6 is 0 Å². The first-order valence-electron chi connectivity index (χ1n) is 10.8. The minimum Gasteiger partial charge on any atom is -0.357 e. The standard InChI is InChI=1S/C23H29N7O/c1-17-6-10-29(11-7-17)21-4-3-20(15-26-21)16-28-23(31)27-14-19-5-8-25-22(13-19)30-12-9-24-18(30)2/h3-5,8-9,12-13,15,17H,6-7,10-11,14,16H2,1-2H3,(H2,27,28,31). The predicted octanol–water partition coefficient (Wildman–Crippen LogP) is 3.21. The summed E-state index contributed by atoms with van der Waals surface area (Å²) in [4.78, 5) is 27.7. The SMILES string of the molecule is Cc1nccn1-c1cc(CNC(=O)NCc2ccc(N3CCC(C)CC3)nc2)ccn1. The first-order valence-corrected chi connectivity index (χ1v) is 10.8. The van der Waals surface area contributed by atoms with Crippen LogP contribution in [-0.2, 0) is 13.1 Å². The van der Waals surface area contributed by atoms with Crippen LogP contribution in [0.15, 0.2) is 49.1 Å². The van der Waals surface area contributed by atoms with Gasteiger partial charge < -0.3 is 15.5 Å². The molecule has 1 fully saturated rings. The van der Waals surface area contributed by atoms with E-state index < -0.39 is 0 Å². The fourth-order valence-corrected chi connectivity index (χ4v) is 3.70. The summed E-state index contributed by atoms with van der Waals surface area (Å²) in [5, 5.41) is 5.78. The van der Waals surface area contributed by atoms with Crippen LogP contribution in [0.2, 0.25) is 0 Å². The number of pyridine rings is 2. The molecule has 0 aliphatic carbocycles. The zero-order valence-electron chi connectivity index (χ0n) is 18.1. The molecule has 1 aliphatic rings. The van der Waals surface area contributed by atoms with Crippen molar-refractivity contribution in [2.24, 2.45) is 5.92 Å². The van der Waals surface area contributed by atoms with E-state index in [4.69, 9.17) is 0 Å². The highest BCUT2D eigenvalue weighted by molar-refractivity contribution is 5.73. The average molecular weight is 420 g/mol. The highest BCUT2D eigenvalue weighted by Gasteiger charge is 2.16. The summed E-state index contributed by atoms with van der Waals surface area (Å²) in [7, 11) is 0. The third-order valence-corrected chi connectivity index (χ3v) is 5.71. The summed E-state index contributed by atoms with van der Waals surface area (Å²) in [6.45, 7) is 7.20. The van der Waals surface area contributed by atoms with E-state index in [1.54, 1.807) is 12.4 Å². The molecule has 1 aliphatic heterocycles. The van der Waals surface area contributed by atoms with Crippen LogP contribution in [0.25, 0.3) is 5.82 Å². The molecule has 4 heterocycles. The van der Waals surface area contributed by atoms with Crippen LogP contribution < -0.4 is 15.5 Å². The normalized spacial score (nSPS) is 14.5. The van der Waals surface area contributed by atoms with Gasteiger partial charge in [0.15, 0.2) is 0 Å². The summed E-state index contributed by atoms with van der Waals surface area (Å²) in [6, 6.07) is 7.69. The number of aromatic nitrogens is 4. The molecule has 31 heavy (non-hydrogen) atoms. The second-order valence-electron chi connectivity index (χ2n) is 8.10. The maximum absolute atomic E-state index is 12.2. The van der Waals surface area contributed by atoms with Crippen molar-refractivity contribution in [3.8, 4) is 5.82 Å². The van der Waals surface area contributed by atoms with E-state index >= 15 is 0 Å². The van der Waals surface area contributed by atoms with Crippen LogP contribution in [0, 0.1) is 12.8 Å². The van der Waals surface area contributed by atoms with E-state index in [1.807, 2.05) is 48.1 Å². The Labute approximate surface area is 182 Å². The third kappa shape index (κ3) is 5.39.